The van der Waals surface area contributed by atoms with Gasteiger partial charge in [-0.05, 0) is 55.0 Å². The molecule has 24 heavy (non-hydrogen) atoms. The van der Waals surface area contributed by atoms with Gasteiger partial charge in [0.05, 0.1) is 13.7 Å². The predicted molar refractivity (Wildman–Crippen MR) is 97.8 cm³/mol. The fourth-order valence-electron chi connectivity index (χ4n) is 2.01. The summed E-state index contributed by atoms with van der Waals surface area (Å²) in [4.78, 5) is 11.0. The van der Waals surface area contributed by atoms with E-state index in [1.54, 1.807) is 0 Å². The van der Waals surface area contributed by atoms with Crippen LogP contribution in [0.2, 0.25) is 5.02 Å². The topological polar surface area (TPSA) is 63.5 Å². The smallest absolute Gasteiger partial charge is 0.305 e. The molecule has 0 unspecified atom stereocenters. The Hall–Kier alpha value is -2.05. The summed E-state index contributed by atoms with van der Waals surface area (Å²) in [5, 5.41) is 7.31. The number of hydrogen-bond acceptors (Lipinski definition) is 4. The van der Waals surface area contributed by atoms with E-state index in [2.05, 4.69) is 15.4 Å². The van der Waals surface area contributed by atoms with E-state index in [4.69, 9.17) is 28.2 Å². The Morgan fingerprint density at radius 1 is 1.21 bits per heavy atom. The van der Waals surface area contributed by atoms with Gasteiger partial charge in [0.25, 0.3) is 0 Å². The average Bonchev–Trinajstić information content (AvgIpc) is 3.06. The third kappa shape index (κ3) is 5.86. The third-order valence-corrected chi connectivity index (χ3v) is 3.83. The molecule has 0 amide bonds. The third-order valence-electron chi connectivity index (χ3n) is 3.28. The minimum Gasteiger partial charge on any atom is -0.469 e. The van der Waals surface area contributed by atoms with E-state index in [9.17, 15) is 4.79 Å². The Bertz CT molecular complexity index is 685. The highest BCUT2D eigenvalue weighted by Gasteiger charge is 2.06. The van der Waals surface area contributed by atoms with Crippen LogP contribution in [0, 0.1) is 0 Å². The number of thiocarbonyl (C=S) groups is 1. The van der Waals surface area contributed by atoms with Crippen molar-refractivity contribution < 1.29 is 13.9 Å². The fourth-order valence-corrected chi connectivity index (χ4v) is 2.31. The summed E-state index contributed by atoms with van der Waals surface area (Å²) in [6, 6.07) is 11.3. The Morgan fingerprint density at radius 2 is 1.96 bits per heavy atom. The molecule has 2 N–H and O–H groups in total. The number of hydrogen-bond donors (Lipinski definition) is 2. The van der Waals surface area contributed by atoms with Gasteiger partial charge in [-0.15, -0.1) is 0 Å². The maximum absolute atomic E-state index is 11.0. The number of rotatable bonds is 7. The second kappa shape index (κ2) is 9.30. The molecule has 0 aliphatic heterocycles. The van der Waals surface area contributed by atoms with Gasteiger partial charge in [0.2, 0.25) is 0 Å². The average molecular weight is 367 g/mol. The van der Waals surface area contributed by atoms with Crippen LogP contribution in [0.1, 0.15) is 18.6 Å². The van der Waals surface area contributed by atoms with Crippen LogP contribution in [0.3, 0.4) is 0 Å². The molecule has 0 atom stereocenters. The van der Waals surface area contributed by atoms with Crippen molar-refractivity contribution in [2.75, 3.05) is 13.7 Å². The zero-order valence-corrected chi connectivity index (χ0v) is 14.9. The Balaban J connectivity index is 1.73. The van der Waals surface area contributed by atoms with Crippen LogP contribution in [-0.4, -0.2) is 24.7 Å². The van der Waals surface area contributed by atoms with Gasteiger partial charge in [0.15, 0.2) is 5.11 Å². The van der Waals surface area contributed by atoms with E-state index in [1.165, 1.54) is 7.11 Å². The number of carbonyl (C=O) groups is 1. The van der Waals surface area contributed by atoms with Crippen molar-refractivity contribution >= 4 is 34.9 Å². The molecule has 1 heterocycles. The fraction of sp³-hybridized carbons (Fsp3) is 0.294. The SMILES string of the molecule is COC(=O)CCCNC(=S)NCc1ccc(-c2ccc(Cl)cc2)o1. The van der Waals surface area contributed by atoms with Crippen LogP contribution in [-0.2, 0) is 16.1 Å². The predicted octanol–water partition coefficient (Wildman–Crippen LogP) is 3.52. The zero-order valence-electron chi connectivity index (χ0n) is 13.3. The molecule has 0 fully saturated rings. The highest BCUT2D eigenvalue weighted by molar-refractivity contribution is 7.80. The second-order valence-electron chi connectivity index (χ2n) is 5.06. The number of nitrogens with one attached hydrogen (secondary N) is 2. The number of esters is 1. The second-order valence-corrected chi connectivity index (χ2v) is 5.91. The van der Waals surface area contributed by atoms with Crippen LogP contribution in [0.5, 0.6) is 0 Å². The molecule has 2 rings (SSSR count). The van der Waals surface area contributed by atoms with Gasteiger partial charge in [-0.2, -0.15) is 0 Å². The van der Waals surface area contributed by atoms with Gasteiger partial charge in [0.1, 0.15) is 11.5 Å². The first-order valence-corrected chi connectivity index (χ1v) is 8.30. The molecular formula is C17H19ClN2O3S. The van der Waals surface area contributed by atoms with Gasteiger partial charge >= 0.3 is 5.97 Å². The van der Waals surface area contributed by atoms with Crippen LogP contribution < -0.4 is 10.6 Å². The summed E-state index contributed by atoms with van der Waals surface area (Å²) < 4.78 is 10.4. The summed E-state index contributed by atoms with van der Waals surface area (Å²) in [5.41, 5.74) is 0.967. The van der Waals surface area contributed by atoms with Gasteiger partial charge < -0.3 is 19.8 Å². The highest BCUT2D eigenvalue weighted by atomic mass is 35.5. The van der Waals surface area contributed by atoms with Crippen molar-refractivity contribution in [3.05, 3.63) is 47.2 Å². The van der Waals surface area contributed by atoms with Gasteiger partial charge in [-0.25, -0.2) is 0 Å². The normalized spacial score (nSPS) is 10.2. The number of halogens is 1. The molecule has 5 nitrogen and oxygen atoms in total. The molecule has 0 saturated carbocycles. The minimum absolute atomic E-state index is 0.221. The van der Waals surface area contributed by atoms with E-state index in [-0.39, 0.29) is 5.97 Å². The molecule has 0 aliphatic carbocycles. The molecule has 0 aliphatic rings. The summed E-state index contributed by atoms with van der Waals surface area (Å²) in [6.07, 6.45) is 1.03. The number of ether oxygens (including phenoxy) is 1. The zero-order chi connectivity index (χ0) is 17.4. The number of furan rings is 1. The van der Waals surface area contributed by atoms with E-state index in [1.807, 2.05) is 36.4 Å². The van der Waals surface area contributed by atoms with Crippen LogP contribution >= 0.6 is 23.8 Å². The molecule has 2 aromatic rings. The van der Waals surface area contributed by atoms with Gasteiger partial charge in [0, 0.05) is 23.6 Å². The Kier molecular flexibility index (Phi) is 7.08. The molecule has 7 heteroatoms. The summed E-state index contributed by atoms with van der Waals surface area (Å²) in [6.45, 7) is 1.09. The van der Waals surface area contributed by atoms with E-state index in [0.29, 0.717) is 36.1 Å². The standard InChI is InChI=1S/C17H19ClN2O3S/c1-22-16(21)3-2-10-19-17(24)20-11-14-8-9-15(23-14)12-4-6-13(18)7-5-12/h4-9H,2-3,10-11H2,1H3,(H2,19,20,24). The minimum atomic E-state index is -0.221. The van der Waals surface area contributed by atoms with Crippen LogP contribution in [0.25, 0.3) is 11.3 Å². The van der Waals surface area contributed by atoms with E-state index < -0.39 is 0 Å². The molecular weight excluding hydrogens is 348 g/mol. The molecule has 0 bridgehead atoms. The first kappa shape index (κ1) is 18.3. The molecule has 0 radical (unpaired) electrons. The summed E-state index contributed by atoms with van der Waals surface area (Å²) in [7, 11) is 1.38. The molecule has 0 saturated heterocycles. The van der Waals surface area contributed by atoms with Gasteiger partial charge in [-0.3, -0.25) is 4.79 Å². The monoisotopic (exact) mass is 366 g/mol. The van der Waals surface area contributed by atoms with Crippen molar-refractivity contribution in [3.8, 4) is 11.3 Å². The van der Waals surface area contributed by atoms with Gasteiger partial charge in [-0.1, -0.05) is 11.6 Å². The van der Waals surface area contributed by atoms with E-state index in [0.717, 1.165) is 17.1 Å². The lowest BCUT2D eigenvalue weighted by Gasteiger charge is -2.09. The maximum Gasteiger partial charge on any atom is 0.305 e. The lowest BCUT2D eigenvalue weighted by atomic mass is 10.2. The Labute approximate surface area is 151 Å². The van der Waals surface area contributed by atoms with Crippen molar-refractivity contribution in [1.29, 1.82) is 0 Å². The van der Waals surface area contributed by atoms with Crippen LogP contribution in [0.4, 0.5) is 0 Å². The van der Waals surface area contributed by atoms with Crippen molar-refractivity contribution in [2.45, 2.75) is 19.4 Å². The van der Waals surface area contributed by atoms with E-state index >= 15 is 0 Å². The number of methoxy groups -OCH3 is 1. The lowest BCUT2D eigenvalue weighted by Crippen LogP contribution is -2.35. The number of benzene rings is 1. The molecule has 1 aromatic heterocycles. The lowest BCUT2D eigenvalue weighted by molar-refractivity contribution is -0.140. The molecule has 0 spiro atoms. The van der Waals surface area contributed by atoms with Crippen LogP contribution in [0.15, 0.2) is 40.8 Å². The first-order valence-electron chi connectivity index (χ1n) is 7.51. The first-order chi connectivity index (χ1) is 11.6. The van der Waals surface area contributed by atoms with Crippen molar-refractivity contribution in [1.82, 2.24) is 10.6 Å². The summed E-state index contributed by atoms with van der Waals surface area (Å²) in [5.74, 6) is 1.33. The number of carbonyl (C=O) groups excluding carboxylic acids is 1. The quantitative estimate of drug-likeness (QED) is 0.444. The maximum atomic E-state index is 11.0. The Morgan fingerprint density at radius 3 is 2.67 bits per heavy atom. The largest absolute Gasteiger partial charge is 0.469 e. The summed E-state index contributed by atoms with van der Waals surface area (Å²) >= 11 is 11.1. The van der Waals surface area contributed by atoms with Crippen molar-refractivity contribution in [2.24, 2.45) is 0 Å². The molecule has 1 aromatic carbocycles. The van der Waals surface area contributed by atoms with Crippen molar-refractivity contribution in [3.63, 3.8) is 0 Å². The highest BCUT2D eigenvalue weighted by Crippen LogP contribution is 2.23. The molecule has 128 valence electrons.